The summed E-state index contributed by atoms with van der Waals surface area (Å²) in [5, 5.41) is 11.8. The molecule has 7 heteroatoms. The molecule has 3 rings (SSSR count). The molecule has 1 amide bonds. The van der Waals surface area contributed by atoms with E-state index in [1.54, 1.807) is 6.07 Å². The number of ether oxygens (including phenoxy) is 1. The molecular formula is C15H19N5O2. The fourth-order valence-electron chi connectivity index (χ4n) is 2.78. The zero-order chi connectivity index (χ0) is 15.5. The molecule has 7 nitrogen and oxygen atoms in total. The Balaban J connectivity index is 1.86. The molecule has 0 aromatic carbocycles. The van der Waals surface area contributed by atoms with Gasteiger partial charge in [0.2, 0.25) is 0 Å². The average Bonchev–Trinajstić information content (AvgIpc) is 2.94. The van der Waals surface area contributed by atoms with E-state index in [2.05, 4.69) is 15.3 Å². The lowest BCUT2D eigenvalue weighted by atomic mass is 9.95. The van der Waals surface area contributed by atoms with Crippen molar-refractivity contribution >= 4 is 5.91 Å². The molecule has 3 heterocycles. The number of aryl methyl sites for hydroxylation is 1. The van der Waals surface area contributed by atoms with E-state index in [1.807, 2.05) is 29.7 Å². The van der Waals surface area contributed by atoms with E-state index in [0.29, 0.717) is 31.9 Å². The highest BCUT2D eigenvalue weighted by Crippen LogP contribution is 2.29. The summed E-state index contributed by atoms with van der Waals surface area (Å²) >= 11 is 0. The second-order valence-corrected chi connectivity index (χ2v) is 5.34. The Labute approximate surface area is 128 Å². The summed E-state index contributed by atoms with van der Waals surface area (Å²) in [6.07, 6.45) is 4.91. The molecule has 1 atom stereocenters. The van der Waals surface area contributed by atoms with Crippen molar-refractivity contribution in [2.24, 2.45) is 7.05 Å². The molecule has 0 spiro atoms. The van der Waals surface area contributed by atoms with E-state index in [4.69, 9.17) is 4.74 Å². The third-order valence-corrected chi connectivity index (χ3v) is 3.96. The first kappa shape index (κ1) is 14.6. The van der Waals surface area contributed by atoms with Crippen LogP contribution in [0.1, 0.15) is 34.5 Å². The van der Waals surface area contributed by atoms with Crippen molar-refractivity contribution in [2.75, 3.05) is 19.8 Å². The van der Waals surface area contributed by atoms with Crippen molar-refractivity contribution in [2.45, 2.75) is 19.4 Å². The third kappa shape index (κ3) is 2.71. The number of carbonyl (C=O) groups is 1. The lowest BCUT2D eigenvalue weighted by Crippen LogP contribution is -2.40. The standard InChI is InChI=1S/C15H19N5O2/c1-3-22-10-12-8-20(9-14-13(12)7-18-19(14)2)15(21)11-4-5-16-17-6-11/h4-7,12H,3,8-10H2,1-2H3. The van der Waals surface area contributed by atoms with Crippen molar-refractivity contribution in [3.63, 3.8) is 0 Å². The molecule has 0 saturated heterocycles. The van der Waals surface area contributed by atoms with E-state index >= 15 is 0 Å². The Morgan fingerprint density at radius 1 is 1.41 bits per heavy atom. The van der Waals surface area contributed by atoms with Gasteiger partial charge in [-0.25, -0.2) is 0 Å². The number of nitrogens with zero attached hydrogens (tertiary/aromatic N) is 5. The SMILES string of the molecule is CCOCC1CN(C(=O)c2ccnnc2)Cc2c1cnn2C. The molecule has 1 aliphatic heterocycles. The van der Waals surface area contributed by atoms with Gasteiger partial charge >= 0.3 is 0 Å². The maximum Gasteiger partial charge on any atom is 0.255 e. The average molecular weight is 301 g/mol. The summed E-state index contributed by atoms with van der Waals surface area (Å²) in [6, 6.07) is 1.69. The molecule has 22 heavy (non-hydrogen) atoms. The summed E-state index contributed by atoms with van der Waals surface area (Å²) < 4.78 is 7.41. The van der Waals surface area contributed by atoms with Crippen molar-refractivity contribution in [3.05, 3.63) is 41.5 Å². The number of amides is 1. The fraction of sp³-hybridized carbons (Fsp3) is 0.467. The zero-order valence-electron chi connectivity index (χ0n) is 12.8. The van der Waals surface area contributed by atoms with Gasteiger partial charge < -0.3 is 9.64 Å². The van der Waals surface area contributed by atoms with Crippen LogP contribution >= 0.6 is 0 Å². The Bertz CT molecular complexity index is 655. The summed E-state index contributed by atoms with van der Waals surface area (Å²) in [7, 11) is 1.90. The van der Waals surface area contributed by atoms with Crippen LogP contribution < -0.4 is 0 Å². The van der Waals surface area contributed by atoms with E-state index in [0.717, 1.165) is 5.69 Å². The number of hydrogen-bond donors (Lipinski definition) is 0. The molecule has 1 unspecified atom stereocenters. The molecule has 0 bridgehead atoms. The quantitative estimate of drug-likeness (QED) is 0.842. The van der Waals surface area contributed by atoms with Gasteiger partial charge in [0.25, 0.3) is 5.91 Å². The number of rotatable bonds is 4. The Hall–Kier alpha value is -2.28. The molecule has 0 N–H and O–H groups in total. The fourth-order valence-corrected chi connectivity index (χ4v) is 2.78. The lowest BCUT2D eigenvalue weighted by Gasteiger charge is -2.33. The van der Waals surface area contributed by atoms with Crippen molar-refractivity contribution in [1.29, 1.82) is 0 Å². The molecule has 0 fully saturated rings. The Kier molecular flexibility index (Phi) is 4.15. The predicted molar refractivity (Wildman–Crippen MR) is 79.2 cm³/mol. The van der Waals surface area contributed by atoms with E-state index in [-0.39, 0.29) is 11.8 Å². The van der Waals surface area contributed by atoms with Crippen LogP contribution in [0.25, 0.3) is 0 Å². The first-order valence-electron chi connectivity index (χ1n) is 7.35. The Morgan fingerprint density at radius 2 is 2.27 bits per heavy atom. The maximum absolute atomic E-state index is 12.6. The summed E-state index contributed by atoms with van der Waals surface area (Å²) in [5.74, 6) is 0.111. The van der Waals surface area contributed by atoms with Crippen LogP contribution in [0, 0.1) is 0 Å². The topological polar surface area (TPSA) is 73.1 Å². The highest BCUT2D eigenvalue weighted by atomic mass is 16.5. The van der Waals surface area contributed by atoms with Crippen molar-refractivity contribution < 1.29 is 9.53 Å². The van der Waals surface area contributed by atoms with Crippen LogP contribution in [-0.2, 0) is 18.3 Å². The van der Waals surface area contributed by atoms with Gasteiger partial charge in [0.15, 0.2) is 0 Å². The molecule has 0 radical (unpaired) electrons. The monoisotopic (exact) mass is 301 g/mol. The zero-order valence-corrected chi connectivity index (χ0v) is 12.8. The van der Waals surface area contributed by atoms with Crippen molar-refractivity contribution in [3.8, 4) is 0 Å². The van der Waals surface area contributed by atoms with Gasteiger partial charge in [0.05, 0.1) is 43.0 Å². The molecular weight excluding hydrogens is 282 g/mol. The van der Waals surface area contributed by atoms with Crippen molar-refractivity contribution in [1.82, 2.24) is 24.9 Å². The Morgan fingerprint density at radius 3 is 3.00 bits per heavy atom. The second-order valence-electron chi connectivity index (χ2n) is 5.34. The predicted octanol–water partition coefficient (Wildman–Crippen LogP) is 0.986. The smallest absolute Gasteiger partial charge is 0.255 e. The minimum atomic E-state index is -0.0387. The number of carbonyl (C=O) groups excluding carboxylic acids is 1. The van der Waals surface area contributed by atoms with E-state index in [9.17, 15) is 4.79 Å². The summed E-state index contributed by atoms with van der Waals surface area (Å²) in [5.41, 5.74) is 2.79. The van der Waals surface area contributed by atoms with Crippen LogP contribution in [0.2, 0.25) is 0 Å². The van der Waals surface area contributed by atoms with Crippen LogP contribution in [0.4, 0.5) is 0 Å². The highest BCUT2D eigenvalue weighted by molar-refractivity contribution is 5.93. The molecule has 0 aliphatic carbocycles. The van der Waals surface area contributed by atoms with E-state index < -0.39 is 0 Å². The van der Waals surface area contributed by atoms with Crippen LogP contribution in [-0.4, -0.2) is 50.5 Å². The largest absolute Gasteiger partial charge is 0.381 e. The van der Waals surface area contributed by atoms with Crippen LogP contribution in [0.15, 0.2) is 24.7 Å². The minimum Gasteiger partial charge on any atom is -0.381 e. The van der Waals surface area contributed by atoms with Crippen LogP contribution in [0.3, 0.4) is 0 Å². The number of hydrogen-bond acceptors (Lipinski definition) is 5. The lowest BCUT2D eigenvalue weighted by molar-refractivity contribution is 0.0648. The van der Waals surface area contributed by atoms with Gasteiger partial charge in [-0.1, -0.05) is 0 Å². The second kappa shape index (κ2) is 6.23. The summed E-state index contributed by atoms with van der Waals surface area (Å²) in [4.78, 5) is 14.5. The number of aromatic nitrogens is 4. The molecule has 2 aromatic rings. The van der Waals surface area contributed by atoms with Gasteiger partial charge in [0, 0.05) is 31.7 Å². The molecule has 0 saturated carbocycles. The molecule has 116 valence electrons. The summed E-state index contributed by atoms with van der Waals surface area (Å²) in [6.45, 7) is 4.40. The molecule has 1 aliphatic rings. The maximum atomic E-state index is 12.6. The van der Waals surface area contributed by atoms with Gasteiger partial charge in [-0.2, -0.15) is 15.3 Å². The van der Waals surface area contributed by atoms with Gasteiger partial charge in [-0.05, 0) is 13.0 Å². The first-order valence-corrected chi connectivity index (χ1v) is 7.35. The van der Waals surface area contributed by atoms with Gasteiger partial charge in [-0.3, -0.25) is 9.48 Å². The third-order valence-electron chi connectivity index (χ3n) is 3.96. The van der Waals surface area contributed by atoms with Gasteiger partial charge in [0.1, 0.15) is 0 Å². The van der Waals surface area contributed by atoms with Gasteiger partial charge in [-0.15, -0.1) is 0 Å². The normalized spacial score (nSPS) is 17.4. The van der Waals surface area contributed by atoms with Crippen LogP contribution in [0.5, 0.6) is 0 Å². The highest BCUT2D eigenvalue weighted by Gasteiger charge is 2.31. The number of fused-ring (bicyclic) bond motifs is 1. The molecule has 2 aromatic heterocycles. The van der Waals surface area contributed by atoms with E-state index in [1.165, 1.54) is 18.0 Å². The first-order chi connectivity index (χ1) is 10.7. The minimum absolute atomic E-state index is 0.0387.